The second kappa shape index (κ2) is 7.79. The predicted molar refractivity (Wildman–Crippen MR) is 103 cm³/mol. The number of benzene rings is 2. The van der Waals surface area contributed by atoms with Crippen LogP contribution in [-0.2, 0) is 16.1 Å². The second-order valence-electron chi connectivity index (χ2n) is 6.36. The molecule has 0 saturated heterocycles. The van der Waals surface area contributed by atoms with Gasteiger partial charge in [-0.2, -0.15) is 0 Å². The van der Waals surface area contributed by atoms with Gasteiger partial charge >= 0.3 is 0 Å². The van der Waals surface area contributed by atoms with Crippen LogP contribution >= 0.6 is 11.6 Å². The van der Waals surface area contributed by atoms with Crippen LogP contribution in [0.25, 0.3) is 0 Å². The molecule has 0 aromatic heterocycles. The van der Waals surface area contributed by atoms with Crippen LogP contribution in [0, 0.1) is 13.8 Å². The fourth-order valence-corrected chi connectivity index (χ4v) is 3.27. The molecule has 0 bridgehead atoms. The Balaban J connectivity index is 1.59. The lowest BCUT2D eigenvalue weighted by Gasteiger charge is -2.11. The molecule has 2 aromatic carbocycles. The van der Waals surface area contributed by atoms with Gasteiger partial charge in [-0.25, -0.2) is 0 Å². The van der Waals surface area contributed by atoms with E-state index in [4.69, 9.17) is 21.2 Å². The van der Waals surface area contributed by atoms with Crippen LogP contribution in [-0.4, -0.2) is 24.8 Å². The predicted octanol–water partition coefficient (Wildman–Crippen LogP) is 4.27. The van der Waals surface area contributed by atoms with E-state index in [9.17, 15) is 4.79 Å². The number of fused-ring (bicyclic) bond motifs is 1. The number of hydrogen-bond acceptors (Lipinski definition) is 4. The number of hydrogen-bond donors (Lipinski definition) is 1. The van der Waals surface area contributed by atoms with Crippen LogP contribution in [0.2, 0.25) is 5.02 Å². The number of ether oxygens (including phenoxy) is 1. The zero-order chi connectivity index (χ0) is 18.7. The van der Waals surface area contributed by atoms with Crippen molar-refractivity contribution < 1.29 is 14.4 Å². The highest BCUT2D eigenvalue weighted by Crippen LogP contribution is 2.27. The Morgan fingerprint density at radius 1 is 1.31 bits per heavy atom. The average molecular weight is 373 g/mol. The highest BCUT2D eigenvalue weighted by atomic mass is 35.5. The number of oxime groups is 1. The van der Waals surface area contributed by atoms with Gasteiger partial charge in [0.25, 0.3) is 5.91 Å². The van der Waals surface area contributed by atoms with Crippen LogP contribution in [0.15, 0.2) is 35.5 Å². The SMILES string of the molecule is CC(=NOCC(=O)Nc1c(C)cc(C)cc1Cl)c1ccc2c(c1)CCO2. The molecule has 6 heteroatoms. The van der Waals surface area contributed by atoms with Gasteiger partial charge in [-0.05, 0) is 67.3 Å². The van der Waals surface area contributed by atoms with Crippen molar-refractivity contribution in [2.24, 2.45) is 5.16 Å². The molecule has 0 atom stereocenters. The number of rotatable bonds is 5. The van der Waals surface area contributed by atoms with Gasteiger partial charge in [-0.1, -0.05) is 22.8 Å². The monoisotopic (exact) mass is 372 g/mol. The number of aryl methyl sites for hydroxylation is 2. The van der Waals surface area contributed by atoms with Crippen molar-refractivity contribution in [3.05, 3.63) is 57.6 Å². The molecule has 0 unspecified atom stereocenters. The third kappa shape index (κ3) is 4.17. The van der Waals surface area contributed by atoms with Gasteiger partial charge in [0.1, 0.15) is 5.75 Å². The third-order valence-electron chi connectivity index (χ3n) is 4.20. The largest absolute Gasteiger partial charge is 0.493 e. The second-order valence-corrected chi connectivity index (χ2v) is 6.77. The summed E-state index contributed by atoms with van der Waals surface area (Å²) in [5, 5.41) is 7.32. The first-order valence-corrected chi connectivity index (χ1v) is 8.81. The molecule has 3 rings (SSSR count). The van der Waals surface area contributed by atoms with Crippen molar-refractivity contribution in [2.75, 3.05) is 18.5 Å². The summed E-state index contributed by atoms with van der Waals surface area (Å²) in [5.41, 5.74) is 5.37. The van der Waals surface area contributed by atoms with E-state index >= 15 is 0 Å². The minimum atomic E-state index is -0.308. The Morgan fingerprint density at radius 3 is 2.88 bits per heavy atom. The number of carbonyl (C=O) groups is 1. The Hall–Kier alpha value is -2.53. The fourth-order valence-electron chi connectivity index (χ4n) is 2.90. The van der Waals surface area contributed by atoms with Gasteiger partial charge < -0.3 is 14.9 Å². The first-order valence-electron chi connectivity index (χ1n) is 8.43. The van der Waals surface area contributed by atoms with E-state index in [1.54, 1.807) is 0 Å². The summed E-state index contributed by atoms with van der Waals surface area (Å²) in [6, 6.07) is 9.68. The van der Waals surface area contributed by atoms with Crippen LogP contribution in [0.3, 0.4) is 0 Å². The maximum absolute atomic E-state index is 12.1. The van der Waals surface area contributed by atoms with E-state index in [0.29, 0.717) is 23.0 Å². The van der Waals surface area contributed by atoms with E-state index in [2.05, 4.69) is 10.5 Å². The molecule has 1 aliphatic rings. The molecule has 0 fully saturated rings. The molecule has 2 aromatic rings. The molecule has 1 heterocycles. The number of amides is 1. The van der Waals surface area contributed by atoms with Gasteiger partial charge in [0, 0.05) is 6.42 Å². The van der Waals surface area contributed by atoms with Crippen molar-refractivity contribution in [2.45, 2.75) is 27.2 Å². The minimum absolute atomic E-state index is 0.185. The number of nitrogens with one attached hydrogen (secondary N) is 1. The van der Waals surface area contributed by atoms with Gasteiger partial charge in [0.05, 0.1) is 23.0 Å². The highest BCUT2D eigenvalue weighted by molar-refractivity contribution is 6.34. The molecule has 1 N–H and O–H groups in total. The van der Waals surface area contributed by atoms with E-state index in [1.165, 1.54) is 5.56 Å². The lowest BCUT2D eigenvalue weighted by molar-refractivity contribution is -0.120. The number of carbonyl (C=O) groups excluding carboxylic acids is 1. The molecule has 5 nitrogen and oxygen atoms in total. The Bertz CT molecular complexity index is 854. The standard InChI is InChI=1S/C20H21ClN2O3/c1-12-8-13(2)20(17(21)9-12)22-19(24)11-26-23-14(3)15-4-5-18-16(10-15)6-7-25-18/h4-5,8-10H,6-7,11H2,1-3H3,(H,22,24). The number of halogens is 1. The fraction of sp³-hybridized carbons (Fsp3) is 0.300. The summed E-state index contributed by atoms with van der Waals surface area (Å²) in [4.78, 5) is 17.3. The van der Waals surface area contributed by atoms with Crippen molar-refractivity contribution in [1.29, 1.82) is 0 Å². The first-order chi connectivity index (χ1) is 12.4. The average Bonchev–Trinajstić information content (AvgIpc) is 3.05. The van der Waals surface area contributed by atoms with Crippen molar-refractivity contribution in [3.8, 4) is 5.75 Å². The maximum atomic E-state index is 12.1. The third-order valence-corrected chi connectivity index (χ3v) is 4.50. The molecular weight excluding hydrogens is 352 g/mol. The molecule has 1 aliphatic heterocycles. The van der Waals surface area contributed by atoms with Gasteiger partial charge in [-0.3, -0.25) is 4.79 Å². The quantitative estimate of drug-likeness (QED) is 0.629. The van der Waals surface area contributed by atoms with E-state index in [0.717, 1.165) is 28.9 Å². The minimum Gasteiger partial charge on any atom is -0.493 e. The normalized spacial score (nSPS) is 13.2. The maximum Gasteiger partial charge on any atom is 0.265 e. The molecule has 26 heavy (non-hydrogen) atoms. The zero-order valence-electron chi connectivity index (χ0n) is 15.1. The van der Waals surface area contributed by atoms with E-state index in [-0.39, 0.29) is 12.5 Å². The van der Waals surface area contributed by atoms with Crippen LogP contribution in [0.1, 0.15) is 29.2 Å². The molecule has 0 spiro atoms. The summed E-state index contributed by atoms with van der Waals surface area (Å²) in [6.45, 7) is 6.23. The van der Waals surface area contributed by atoms with Crippen molar-refractivity contribution >= 4 is 28.9 Å². The molecule has 1 amide bonds. The summed E-state index contributed by atoms with van der Waals surface area (Å²) < 4.78 is 5.49. The summed E-state index contributed by atoms with van der Waals surface area (Å²) in [5.74, 6) is 0.616. The Morgan fingerprint density at radius 2 is 2.12 bits per heavy atom. The van der Waals surface area contributed by atoms with Gasteiger partial charge in [0.15, 0.2) is 6.61 Å². The summed E-state index contributed by atoms with van der Waals surface area (Å²) in [6.07, 6.45) is 0.899. The molecule has 136 valence electrons. The smallest absolute Gasteiger partial charge is 0.265 e. The Labute approximate surface area is 157 Å². The van der Waals surface area contributed by atoms with Crippen LogP contribution < -0.4 is 10.1 Å². The highest BCUT2D eigenvalue weighted by Gasteiger charge is 2.13. The van der Waals surface area contributed by atoms with E-state index in [1.807, 2.05) is 51.1 Å². The van der Waals surface area contributed by atoms with E-state index < -0.39 is 0 Å². The van der Waals surface area contributed by atoms with Gasteiger partial charge in [-0.15, -0.1) is 0 Å². The zero-order valence-corrected chi connectivity index (χ0v) is 15.8. The van der Waals surface area contributed by atoms with Crippen LogP contribution in [0.4, 0.5) is 5.69 Å². The number of nitrogens with zero attached hydrogens (tertiary/aromatic N) is 1. The molecule has 0 radical (unpaired) electrons. The number of anilines is 1. The Kier molecular flexibility index (Phi) is 5.47. The topological polar surface area (TPSA) is 59.9 Å². The molecule has 0 aliphatic carbocycles. The summed E-state index contributed by atoms with van der Waals surface area (Å²) >= 11 is 6.20. The van der Waals surface area contributed by atoms with Crippen LogP contribution in [0.5, 0.6) is 5.75 Å². The first kappa shape index (κ1) is 18.3. The lowest BCUT2D eigenvalue weighted by atomic mass is 10.1. The molecule has 0 saturated carbocycles. The van der Waals surface area contributed by atoms with Crippen molar-refractivity contribution in [1.82, 2.24) is 0 Å². The van der Waals surface area contributed by atoms with Gasteiger partial charge in [0.2, 0.25) is 0 Å². The molecular formula is C20H21ClN2O3. The summed E-state index contributed by atoms with van der Waals surface area (Å²) in [7, 11) is 0. The lowest BCUT2D eigenvalue weighted by Crippen LogP contribution is -2.18. The van der Waals surface area contributed by atoms with Crippen molar-refractivity contribution in [3.63, 3.8) is 0 Å².